The quantitative estimate of drug-likeness (QED) is 0.864. The number of benzene rings is 1. The standard InChI is InChI=1S/C17H20FNO4/c1-10-8-17(10,16(21)22)15(20)19-7-6-11(9-19)12-4-3-5-13(18)14(12)23-2/h3-5,10-11H,6-9H2,1-2H3,(H,21,22). The number of methoxy groups -OCH3 is 1. The molecule has 23 heavy (non-hydrogen) atoms. The summed E-state index contributed by atoms with van der Waals surface area (Å²) in [6.07, 6.45) is 1.07. The number of hydrogen-bond donors (Lipinski definition) is 1. The zero-order valence-corrected chi connectivity index (χ0v) is 13.2. The lowest BCUT2D eigenvalue weighted by molar-refractivity contribution is -0.153. The van der Waals surface area contributed by atoms with Crippen molar-refractivity contribution >= 4 is 11.9 Å². The highest BCUT2D eigenvalue weighted by atomic mass is 19.1. The van der Waals surface area contributed by atoms with E-state index in [2.05, 4.69) is 0 Å². The summed E-state index contributed by atoms with van der Waals surface area (Å²) >= 11 is 0. The van der Waals surface area contributed by atoms with Crippen molar-refractivity contribution in [3.63, 3.8) is 0 Å². The second kappa shape index (κ2) is 5.51. The van der Waals surface area contributed by atoms with Crippen LogP contribution < -0.4 is 4.74 Å². The molecule has 3 rings (SSSR count). The van der Waals surface area contributed by atoms with Crippen molar-refractivity contribution in [2.75, 3.05) is 20.2 Å². The van der Waals surface area contributed by atoms with Gasteiger partial charge in [0.15, 0.2) is 11.6 Å². The molecule has 0 aromatic heterocycles. The van der Waals surface area contributed by atoms with E-state index in [0.717, 1.165) is 5.56 Å². The first kappa shape index (κ1) is 15.8. The normalized spacial score (nSPS) is 29.4. The number of carboxylic acid groups (broad SMARTS) is 1. The summed E-state index contributed by atoms with van der Waals surface area (Å²) in [7, 11) is 1.42. The van der Waals surface area contributed by atoms with Crippen LogP contribution >= 0.6 is 0 Å². The Balaban J connectivity index is 1.79. The van der Waals surface area contributed by atoms with Crippen LogP contribution in [0.2, 0.25) is 0 Å². The maximum Gasteiger partial charge on any atom is 0.319 e. The third kappa shape index (κ3) is 2.36. The number of halogens is 1. The highest BCUT2D eigenvalue weighted by molar-refractivity contribution is 6.05. The Labute approximate surface area is 134 Å². The van der Waals surface area contributed by atoms with E-state index in [1.54, 1.807) is 24.0 Å². The molecule has 1 heterocycles. The Kier molecular flexibility index (Phi) is 3.78. The molecule has 1 aliphatic carbocycles. The topological polar surface area (TPSA) is 66.8 Å². The first-order valence-corrected chi connectivity index (χ1v) is 7.77. The van der Waals surface area contributed by atoms with Gasteiger partial charge in [-0.05, 0) is 24.8 Å². The van der Waals surface area contributed by atoms with Crippen LogP contribution in [0.1, 0.15) is 31.2 Å². The van der Waals surface area contributed by atoms with Crippen molar-refractivity contribution in [3.05, 3.63) is 29.6 Å². The maximum absolute atomic E-state index is 13.8. The number of para-hydroxylation sites is 1. The molecule has 1 amide bonds. The number of carbonyl (C=O) groups is 2. The molecule has 1 saturated heterocycles. The van der Waals surface area contributed by atoms with E-state index < -0.39 is 17.2 Å². The highest BCUT2D eigenvalue weighted by Gasteiger charge is 2.65. The molecular weight excluding hydrogens is 301 g/mol. The summed E-state index contributed by atoms with van der Waals surface area (Å²) in [5.41, 5.74) is -0.517. The molecule has 5 nitrogen and oxygen atoms in total. The van der Waals surface area contributed by atoms with Crippen molar-refractivity contribution in [2.45, 2.75) is 25.7 Å². The lowest BCUT2D eigenvalue weighted by atomic mass is 9.97. The monoisotopic (exact) mass is 321 g/mol. The zero-order valence-electron chi connectivity index (χ0n) is 13.2. The average Bonchev–Trinajstić information content (AvgIpc) is 2.98. The van der Waals surface area contributed by atoms with Crippen LogP contribution in [0.3, 0.4) is 0 Å². The van der Waals surface area contributed by atoms with Crippen molar-refractivity contribution in [3.8, 4) is 5.75 Å². The summed E-state index contributed by atoms with van der Waals surface area (Å²) in [6.45, 7) is 2.68. The summed E-state index contributed by atoms with van der Waals surface area (Å²) in [5.74, 6) is -1.73. The minimum Gasteiger partial charge on any atom is -0.493 e. The van der Waals surface area contributed by atoms with E-state index in [4.69, 9.17) is 4.74 Å². The molecule has 1 N–H and O–H groups in total. The van der Waals surface area contributed by atoms with Gasteiger partial charge in [0.25, 0.3) is 0 Å². The van der Waals surface area contributed by atoms with Crippen molar-refractivity contribution in [2.24, 2.45) is 11.3 Å². The fraction of sp³-hybridized carbons (Fsp3) is 0.529. The molecule has 3 unspecified atom stereocenters. The Morgan fingerprint density at radius 1 is 1.43 bits per heavy atom. The summed E-state index contributed by atoms with van der Waals surface area (Å²) < 4.78 is 19.0. The molecule has 0 radical (unpaired) electrons. The van der Waals surface area contributed by atoms with Gasteiger partial charge in [0, 0.05) is 24.6 Å². The van der Waals surface area contributed by atoms with Gasteiger partial charge in [0.05, 0.1) is 7.11 Å². The van der Waals surface area contributed by atoms with Gasteiger partial charge in [-0.15, -0.1) is 0 Å². The number of carboxylic acids is 1. The van der Waals surface area contributed by atoms with Gasteiger partial charge in [-0.1, -0.05) is 19.1 Å². The lowest BCUT2D eigenvalue weighted by Gasteiger charge is -2.22. The van der Waals surface area contributed by atoms with Gasteiger partial charge >= 0.3 is 5.97 Å². The van der Waals surface area contributed by atoms with Crippen molar-refractivity contribution in [1.29, 1.82) is 0 Å². The predicted octanol–water partition coefficient (Wildman–Crippen LogP) is 2.26. The van der Waals surface area contributed by atoms with Crippen LogP contribution in [0.15, 0.2) is 18.2 Å². The fourth-order valence-corrected chi connectivity index (χ4v) is 3.65. The molecule has 3 atom stereocenters. The Hall–Kier alpha value is -2.11. The van der Waals surface area contributed by atoms with Gasteiger partial charge < -0.3 is 14.7 Å². The SMILES string of the molecule is COc1c(F)cccc1C1CCN(C(=O)C2(C(=O)O)CC2C)C1. The smallest absolute Gasteiger partial charge is 0.319 e. The van der Waals surface area contributed by atoms with Crippen LogP contribution in [-0.4, -0.2) is 42.1 Å². The van der Waals surface area contributed by atoms with E-state index in [-0.39, 0.29) is 23.5 Å². The second-order valence-electron chi connectivity index (χ2n) is 6.48. The van der Waals surface area contributed by atoms with Crippen molar-refractivity contribution < 1.29 is 23.8 Å². The molecular formula is C17H20FNO4. The minimum atomic E-state index is -1.25. The van der Waals surface area contributed by atoms with Gasteiger partial charge in [-0.25, -0.2) is 4.39 Å². The predicted molar refractivity (Wildman–Crippen MR) is 80.7 cm³/mol. The van der Waals surface area contributed by atoms with Crippen LogP contribution in [0, 0.1) is 17.2 Å². The zero-order chi connectivity index (χ0) is 16.8. The molecule has 1 saturated carbocycles. The van der Waals surface area contributed by atoms with E-state index in [1.807, 2.05) is 0 Å². The third-order valence-corrected chi connectivity index (χ3v) is 5.19. The molecule has 6 heteroatoms. The number of hydrogen-bond acceptors (Lipinski definition) is 3. The number of amides is 1. The summed E-state index contributed by atoms with van der Waals surface area (Å²) in [4.78, 5) is 25.7. The van der Waals surface area contributed by atoms with E-state index in [0.29, 0.717) is 25.9 Å². The van der Waals surface area contributed by atoms with Crippen LogP contribution in [0.4, 0.5) is 4.39 Å². The van der Waals surface area contributed by atoms with Crippen LogP contribution in [-0.2, 0) is 9.59 Å². The Morgan fingerprint density at radius 3 is 2.70 bits per heavy atom. The van der Waals surface area contributed by atoms with Crippen molar-refractivity contribution in [1.82, 2.24) is 4.90 Å². The van der Waals surface area contributed by atoms with Crippen LogP contribution in [0.25, 0.3) is 0 Å². The maximum atomic E-state index is 13.8. The molecule has 1 aromatic carbocycles. The molecule has 2 aliphatic rings. The van der Waals surface area contributed by atoms with Gasteiger partial charge in [0.1, 0.15) is 5.41 Å². The minimum absolute atomic E-state index is 0.0375. The molecule has 1 aromatic rings. The van der Waals surface area contributed by atoms with Gasteiger partial charge in [0.2, 0.25) is 5.91 Å². The fourth-order valence-electron chi connectivity index (χ4n) is 3.65. The summed E-state index contributed by atoms with van der Waals surface area (Å²) in [6, 6.07) is 4.76. The number of carbonyl (C=O) groups excluding carboxylic acids is 1. The molecule has 0 spiro atoms. The largest absolute Gasteiger partial charge is 0.493 e. The van der Waals surface area contributed by atoms with Crippen LogP contribution in [0.5, 0.6) is 5.75 Å². The van der Waals surface area contributed by atoms with Gasteiger partial charge in [-0.2, -0.15) is 0 Å². The lowest BCUT2D eigenvalue weighted by Crippen LogP contribution is -2.40. The van der Waals surface area contributed by atoms with Gasteiger partial charge in [-0.3, -0.25) is 9.59 Å². The number of nitrogens with zero attached hydrogens (tertiary/aromatic N) is 1. The Bertz CT molecular complexity index is 662. The molecule has 1 aliphatic heterocycles. The first-order chi connectivity index (χ1) is 10.9. The molecule has 124 valence electrons. The highest BCUT2D eigenvalue weighted by Crippen LogP contribution is 2.54. The van der Waals surface area contributed by atoms with E-state index >= 15 is 0 Å². The molecule has 2 fully saturated rings. The average molecular weight is 321 g/mol. The Morgan fingerprint density at radius 2 is 2.13 bits per heavy atom. The number of likely N-dealkylation sites (tertiary alicyclic amines) is 1. The second-order valence-corrected chi connectivity index (χ2v) is 6.48. The number of aliphatic carboxylic acids is 1. The number of ether oxygens (including phenoxy) is 1. The first-order valence-electron chi connectivity index (χ1n) is 7.77. The molecule has 0 bridgehead atoms. The van der Waals surface area contributed by atoms with E-state index in [9.17, 15) is 19.1 Å². The summed E-state index contributed by atoms with van der Waals surface area (Å²) in [5, 5.41) is 9.39. The third-order valence-electron chi connectivity index (χ3n) is 5.19. The number of rotatable bonds is 4. The van der Waals surface area contributed by atoms with E-state index in [1.165, 1.54) is 13.2 Å².